The lowest BCUT2D eigenvalue weighted by Crippen LogP contribution is -2.12. The van der Waals surface area contributed by atoms with E-state index in [1.807, 2.05) is 6.92 Å². The van der Waals surface area contributed by atoms with Crippen molar-refractivity contribution in [2.24, 2.45) is 5.73 Å². The average molecular weight is 209 g/mol. The number of hydrogen-bond donors (Lipinski definition) is 2. The first-order valence-electron chi connectivity index (χ1n) is 3.82. The number of carbonyl (C=O) groups excluding carboxylic acids is 1. The van der Waals surface area contributed by atoms with Gasteiger partial charge in [-0.05, 0) is 6.92 Å². The summed E-state index contributed by atoms with van der Waals surface area (Å²) >= 11 is 1.39. The summed E-state index contributed by atoms with van der Waals surface area (Å²) < 4.78 is 0. The molecule has 7 heteroatoms. The molecule has 14 heavy (non-hydrogen) atoms. The van der Waals surface area contributed by atoms with Gasteiger partial charge in [-0.2, -0.15) is 5.10 Å². The lowest BCUT2D eigenvalue weighted by atomic mass is 10.2. The van der Waals surface area contributed by atoms with Crippen molar-refractivity contribution in [1.82, 2.24) is 20.4 Å². The second kappa shape index (κ2) is 3.18. The molecule has 2 heterocycles. The van der Waals surface area contributed by atoms with Gasteiger partial charge in [-0.25, -0.2) is 0 Å². The van der Waals surface area contributed by atoms with E-state index in [-0.39, 0.29) is 5.69 Å². The quantitative estimate of drug-likeness (QED) is 0.744. The van der Waals surface area contributed by atoms with Crippen LogP contribution in [0.2, 0.25) is 0 Å². The minimum atomic E-state index is -0.551. The standard InChI is InChI=1S/C7H7N5OS/c1-3-10-12-7(14-3)4-2-9-11-5(4)6(8)13/h2H,1H3,(H2,8,13)(H,9,11). The molecule has 2 aromatic rings. The molecule has 0 aliphatic heterocycles. The summed E-state index contributed by atoms with van der Waals surface area (Å²) in [6.07, 6.45) is 1.51. The molecule has 1 amide bonds. The molecular formula is C7H7N5OS. The number of aromatic amines is 1. The smallest absolute Gasteiger partial charge is 0.267 e. The summed E-state index contributed by atoms with van der Waals surface area (Å²) in [6, 6.07) is 0. The van der Waals surface area contributed by atoms with Crippen LogP contribution in [0.5, 0.6) is 0 Å². The van der Waals surface area contributed by atoms with Crippen LogP contribution in [0.15, 0.2) is 6.20 Å². The van der Waals surface area contributed by atoms with Gasteiger partial charge in [-0.3, -0.25) is 9.89 Å². The summed E-state index contributed by atoms with van der Waals surface area (Å²) in [6.45, 7) is 1.84. The molecule has 0 aliphatic carbocycles. The van der Waals surface area contributed by atoms with Gasteiger partial charge in [0.2, 0.25) is 0 Å². The van der Waals surface area contributed by atoms with E-state index in [9.17, 15) is 4.79 Å². The first-order valence-corrected chi connectivity index (χ1v) is 4.64. The number of nitrogens with one attached hydrogen (secondary N) is 1. The molecule has 6 nitrogen and oxygen atoms in total. The summed E-state index contributed by atoms with van der Waals surface area (Å²) in [5, 5.41) is 15.5. The molecule has 0 saturated carbocycles. The number of carbonyl (C=O) groups is 1. The Morgan fingerprint density at radius 3 is 2.93 bits per heavy atom. The molecular weight excluding hydrogens is 202 g/mol. The number of aromatic nitrogens is 4. The lowest BCUT2D eigenvalue weighted by molar-refractivity contribution is 0.0996. The maximum absolute atomic E-state index is 11.0. The van der Waals surface area contributed by atoms with Crippen LogP contribution in [0.4, 0.5) is 0 Å². The highest BCUT2D eigenvalue weighted by Crippen LogP contribution is 2.24. The molecule has 0 unspecified atom stereocenters. The maximum atomic E-state index is 11.0. The monoisotopic (exact) mass is 209 g/mol. The lowest BCUT2D eigenvalue weighted by Gasteiger charge is -1.92. The van der Waals surface area contributed by atoms with Crippen molar-refractivity contribution >= 4 is 17.2 Å². The Morgan fingerprint density at radius 1 is 1.57 bits per heavy atom. The van der Waals surface area contributed by atoms with Crippen molar-refractivity contribution in [3.05, 3.63) is 16.9 Å². The van der Waals surface area contributed by atoms with Crippen LogP contribution in [0.3, 0.4) is 0 Å². The highest BCUT2D eigenvalue weighted by Gasteiger charge is 2.15. The molecule has 0 atom stereocenters. The fourth-order valence-electron chi connectivity index (χ4n) is 1.04. The molecule has 3 N–H and O–H groups in total. The topological polar surface area (TPSA) is 97.6 Å². The van der Waals surface area contributed by atoms with E-state index in [0.717, 1.165) is 5.01 Å². The van der Waals surface area contributed by atoms with Gasteiger partial charge in [-0.1, -0.05) is 11.3 Å². The zero-order chi connectivity index (χ0) is 10.1. The average Bonchev–Trinajstić information content (AvgIpc) is 2.70. The number of H-pyrrole nitrogens is 1. The van der Waals surface area contributed by atoms with Gasteiger partial charge in [0.1, 0.15) is 10.7 Å². The van der Waals surface area contributed by atoms with E-state index < -0.39 is 5.91 Å². The normalized spacial score (nSPS) is 10.4. The Bertz CT molecular complexity index is 474. The highest BCUT2D eigenvalue weighted by atomic mass is 32.1. The van der Waals surface area contributed by atoms with Crippen LogP contribution in [-0.4, -0.2) is 26.3 Å². The molecule has 0 fully saturated rings. The van der Waals surface area contributed by atoms with E-state index in [4.69, 9.17) is 5.73 Å². The molecule has 72 valence electrons. The zero-order valence-electron chi connectivity index (χ0n) is 7.31. The Hall–Kier alpha value is -1.76. The summed E-state index contributed by atoms with van der Waals surface area (Å²) in [5.74, 6) is -0.551. The van der Waals surface area contributed by atoms with E-state index in [1.54, 1.807) is 0 Å². The van der Waals surface area contributed by atoms with Crippen LogP contribution < -0.4 is 5.73 Å². The Labute approximate surface area is 83.2 Å². The highest BCUT2D eigenvalue weighted by molar-refractivity contribution is 7.14. The first kappa shape index (κ1) is 8.82. The van der Waals surface area contributed by atoms with Crippen LogP contribution in [0.1, 0.15) is 15.5 Å². The van der Waals surface area contributed by atoms with Crippen LogP contribution >= 0.6 is 11.3 Å². The van der Waals surface area contributed by atoms with Gasteiger partial charge in [0.25, 0.3) is 5.91 Å². The molecule has 2 rings (SSSR count). The van der Waals surface area contributed by atoms with Crippen molar-refractivity contribution in [1.29, 1.82) is 0 Å². The zero-order valence-corrected chi connectivity index (χ0v) is 8.13. The number of aryl methyl sites for hydroxylation is 1. The third kappa shape index (κ3) is 1.37. The molecule has 0 saturated heterocycles. The van der Waals surface area contributed by atoms with Crippen LogP contribution in [0, 0.1) is 6.92 Å². The Morgan fingerprint density at radius 2 is 2.36 bits per heavy atom. The summed E-state index contributed by atoms with van der Waals surface area (Å²) in [7, 11) is 0. The second-order valence-corrected chi connectivity index (χ2v) is 3.83. The minimum absolute atomic E-state index is 0.265. The van der Waals surface area contributed by atoms with Gasteiger partial charge in [-0.15, -0.1) is 10.2 Å². The largest absolute Gasteiger partial charge is 0.364 e. The van der Waals surface area contributed by atoms with Crippen LogP contribution in [-0.2, 0) is 0 Å². The SMILES string of the molecule is Cc1nnc(-c2cn[nH]c2C(N)=O)s1. The molecule has 0 aromatic carbocycles. The van der Waals surface area contributed by atoms with Crippen molar-refractivity contribution in [3.8, 4) is 10.6 Å². The van der Waals surface area contributed by atoms with Gasteiger partial charge < -0.3 is 5.73 Å². The number of amides is 1. The minimum Gasteiger partial charge on any atom is -0.364 e. The van der Waals surface area contributed by atoms with E-state index in [1.165, 1.54) is 17.5 Å². The molecule has 0 radical (unpaired) electrons. The molecule has 2 aromatic heterocycles. The number of rotatable bonds is 2. The fraction of sp³-hybridized carbons (Fsp3) is 0.143. The van der Waals surface area contributed by atoms with E-state index in [0.29, 0.717) is 10.6 Å². The third-order valence-corrected chi connectivity index (χ3v) is 2.51. The van der Waals surface area contributed by atoms with E-state index in [2.05, 4.69) is 20.4 Å². The molecule has 0 aliphatic rings. The Balaban J connectivity index is 2.51. The number of primary amides is 1. The van der Waals surface area contributed by atoms with Crippen molar-refractivity contribution in [2.75, 3.05) is 0 Å². The van der Waals surface area contributed by atoms with Crippen LogP contribution in [0.25, 0.3) is 10.6 Å². The predicted molar refractivity (Wildman–Crippen MR) is 50.7 cm³/mol. The second-order valence-electron chi connectivity index (χ2n) is 2.65. The van der Waals surface area contributed by atoms with Gasteiger partial charge in [0.05, 0.1) is 11.8 Å². The van der Waals surface area contributed by atoms with Gasteiger partial charge in [0, 0.05) is 0 Å². The number of nitrogens with two attached hydrogens (primary N) is 1. The van der Waals surface area contributed by atoms with Crippen molar-refractivity contribution in [2.45, 2.75) is 6.92 Å². The maximum Gasteiger partial charge on any atom is 0.267 e. The van der Waals surface area contributed by atoms with Crippen molar-refractivity contribution in [3.63, 3.8) is 0 Å². The Kier molecular flexibility index (Phi) is 2.01. The first-order chi connectivity index (χ1) is 6.68. The predicted octanol–water partition coefficient (Wildman–Crippen LogP) is 0.336. The molecule has 0 spiro atoms. The molecule has 0 bridgehead atoms. The third-order valence-electron chi connectivity index (χ3n) is 1.64. The number of nitrogens with zero attached hydrogens (tertiary/aromatic N) is 3. The fourth-order valence-corrected chi connectivity index (χ4v) is 1.75. The van der Waals surface area contributed by atoms with Gasteiger partial charge >= 0.3 is 0 Å². The van der Waals surface area contributed by atoms with Crippen molar-refractivity contribution < 1.29 is 4.79 Å². The summed E-state index contributed by atoms with van der Waals surface area (Å²) in [5.41, 5.74) is 6.01. The van der Waals surface area contributed by atoms with E-state index >= 15 is 0 Å². The summed E-state index contributed by atoms with van der Waals surface area (Å²) in [4.78, 5) is 11.0. The van der Waals surface area contributed by atoms with Gasteiger partial charge in [0.15, 0.2) is 5.01 Å². The number of hydrogen-bond acceptors (Lipinski definition) is 5.